The molecule has 0 bridgehead atoms. The number of carbonyl (C=O) groups is 2. The Bertz CT molecular complexity index is 906. The van der Waals surface area contributed by atoms with Gasteiger partial charge in [-0.15, -0.1) is 0 Å². The van der Waals surface area contributed by atoms with E-state index in [1.807, 2.05) is 30.3 Å². The maximum Gasteiger partial charge on any atom is 0.423 e. The summed E-state index contributed by atoms with van der Waals surface area (Å²) in [5.74, 6) is -2.39. The lowest BCUT2D eigenvalue weighted by molar-refractivity contribution is -0.140. The summed E-state index contributed by atoms with van der Waals surface area (Å²) in [6.07, 6.45) is -2.53. The Morgan fingerprint density at radius 3 is 2.03 bits per heavy atom. The van der Waals surface area contributed by atoms with Crippen LogP contribution in [0.25, 0.3) is 0 Å². The molecule has 0 fully saturated rings. The summed E-state index contributed by atoms with van der Waals surface area (Å²) < 4.78 is 50.2. The molecule has 1 N–H and O–H groups in total. The summed E-state index contributed by atoms with van der Waals surface area (Å²) in [5.41, 5.74) is 0.0319. The van der Waals surface area contributed by atoms with Crippen LogP contribution in [-0.4, -0.2) is 49.2 Å². The zero-order chi connectivity index (χ0) is 24.4. The van der Waals surface area contributed by atoms with Gasteiger partial charge >= 0.3 is 12.1 Å². The summed E-state index contributed by atoms with van der Waals surface area (Å²) in [6, 6.07) is 11.8. The molecule has 0 radical (unpaired) electrons. The summed E-state index contributed by atoms with van der Waals surface area (Å²) in [5, 5.41) is 8.84. The largest absolute Gasteiger partial charge is 0.496 e. The topological polar surface area (TPSA) is 76.1 Å². The Morgan fingerprint density at radius 1 is 0.939 bits per heavy atom. The Morgan fingerprint density at radius 2 is 1.52 bits per heavy atom. The van der Waals surface area contributed by atoms with Gasteiger partial charge in [-0.05, 0) is 43.4 Å². The van der Waals surface area contributed by atoms with E-state index in [9.17, 15) is 22.8 Å². The predicted molar refractivity (Wildman–Crippen MR) is 117 cm³/mol. The second kappa shape index (κ2) is 12.1. The third-order valence-electron chi connectivity index (χ3n) is 5.13. The van der Waals surface area contributed by atoms with Gasteiger partial charge in [0.2, 0.25) is 0 Å². The average molecular weight is 467 g/mol. The molecule has 180 valence electrons. The zero-order valence-electron chi connectivity index (χ0n) is 18.7. The van der Waals surface area contributed by atoms with Crippen molar-refractivity contribution < 1.29 is 37.3 Å². The van der Waals surface area contributed by atoms with Crippen molar-refractivity contribution in [3.05, 3.63) is 59.2 Å². The van der Waals surface area contributed by atoms with E-state index in [4.69, 9.17) is 14.6 Å². The number of ether oxygens (including phenoxy) is 2. The van der Waals surface area contributed by atoms with Crippen LogP contribution < -0.4 is 9.47 Å². The molecule has 9 heteroatoms. The first-order valence-corrected chi connectivity index (χ1v) is 10.6. The minimum atomic E-state index is -4.72. The number of methoxy groups -OCH3 is 2. The molecule has 0 aliphatic heterocycles. The number of carbonyl (C=O) groups excluding carboxylic acids is 1. The molecule has 0 unspecified atom stereocenters. The number of nitrogens with zero attached hydrogens (tertiary/aromatic N) is 1. The number of unbranched alkanes of at least 4 members (excludes halogenated alkanes) is 1. The molecule has 0 saturated heterocycles. The van der Waals surface area contributed by atoms with Crippen molar-refractivity contribution in [2.45, 2.75) is 38.3 Å². The number of carboxylic acids is 1. The van der Waals surface area contributed by atoms with Crippen molar-refractivity contribution in [2.24, 2.45) is 0 Å². The van der Waals surface area contributed by atoms with Gasteiger partial charge in [0, 0.05) is 25.1 Å². The third kappa shape index (κ3) is 7.69. The average Bonchev–Trinajstić information content (AvgIpc) is 2.79. The molecule has 2 aromatic carbocycles. The van der Waals surface area contributed by atoms with Gasteiger partial charge in [-0.1, -0.05) is 30.3 Å². The maximum atomic E-state index is 13.5. The number of amides is 1. The molecule has 0 atom stereocenters. The molecule has 2 aromatic rings. The van der Waals surface area contributed by atoms with Gasteiger partial charge < -0.3 is 19.5 Å². The van der Waals surface area contributed by atoms with Crippen LogP contribution in [-0.2, 0) is 17.4 Å². The molecular weight excluding hydrogens is 439 g/mol. The van der Waals surface area contributed by atoms with E-state index in [2.05, 4.69) is 0 Å². The van der Waals surface area contributed by atoms with Gasteiger partial charge in [-0.2, -0.15) is 13.2 Å². The van der Waals surface area contributed by atoms with Gasteiger partial charge in [-0.3, -0.25) is 9.59 Å². The predicted octanol–water partition coefficient (Wildman–Crippen LogP) is 5.05. The van der Waals surface area contributed by atoms with Crippen molar-refractivity contribution in [1.29, 1.82) is 0 Å². The Kier molecular flexibility index (Phi) is 9.57. The minimum Gasteiger partial charge on any atom is -0.496 e. The van der Waals surface area contributed by atoms with Crippen LogP contribution in [0.1, 0.15) is 47.2 Å². The molecule has 0 aliphatic rings. The number of halogens is 3. The van der Waals surface area contributed by atoms with Crippen LogP contribution in [0.5, 0.6) is 11.5 Å². The monoisotopic (exact) mass is 467 g/mol. The highest BCUT2D eigenvalue weighted by molar-refractivity contribution is 5.95. The number of hydrogen-bond donors (Lipinski definition) is 1. The van der Waals surface area contributed by atoms with Crippen molar-refractivity contribution >= 4 is 11.9 Å². The smallest absolute Gasteiger partial charge is 0.423 e. The lowest BCUT2D eigenvalue weighted by Crippen LogP contribution is -2.33. The molecule has 2 rings (SSSR count). The molecule has 33 heavy (non-hydrogen) atoms. The fourth-order valence-electron chi connectivity index (χ4n) is 3.51. The minimum absolute atomic E-state index is 0.00893. The molecule has 6 nitrogen and oxygen atoms in total. The van der Waals surface area contributed by atoms with Crippen molar-refractivity contribution in [3.63, 3.8) is 0 Å². The number of benzene rings is 2. The summed E-state index contributed by atoms with van der Waals surface area (Å²) in [6.45, 7) is 0.652. The number of rotatable bonds is 12. The van der Waals surface area contributed by atoms with Gasteiger partial charge in [0.1, 0.15) is 17.1 Å². The highest BCUT2D eigenvalue weighted by Crippen LogP contribution is 2.43. The van der Waals surface area contributed by atoms with Crippen LogP contribution in [0.4, 0.5) is 13.2 Å². The molecule has 1 amide bonds. The van der Waals surface area contributed by atoms with Crippen LogP contribution >= 0.6 is 0 Å². The molecule has 0 aromatic heterocycles. The van der Waals surface area contributed by atoms with Gasteiger partial charge in [0.15, 0.2) is 0 Å². The van der Waals surface area contributed by atoms with E-state index < -0.39 is 35.1 Å². The number of aliphatic carboxylic acids is 1. The second-order valence-corrected chi connectivity index (χ2v) is 7.49. The normalized spacial score (nSPS) is 11.2. The van der Waals surface area contributed by atoms with E-state index >= 15 is 0 Å². The van der Waals surface area contributed by atoms with Crippen LogP contribution in [0, 0.1) is 0 Å². The van der Waals surface area contributed by atoms with Gasteiger partial charge in [-0.25, -0.2) is 0 Å². The van der Waals surface area contributed by atoms with E-state index in [0.29, 0.717) is 25.8 Å². The molecule has 0 saturated carbocycles. The standard InChI is InChI=1S/C24H28F3NO5/c1-32-19-15-18(16-20(33-2)22(19)24(25,26)27)23(31)28(13-7-6-12-21(29)30)14-8-11-17-9-4-3-5-10-17/h3-5,9-10,15-16H,6-8,11-14H2,1-2H3,(H,29,30). The molecular formula is C24H28F3NO5. The van der Waals surface area contributed by atoms with Crippen LogP contribution in [0.15, 0.2) is 42.5 Å². The maximum absolute atomic E-state index is 13.5. The third-order valence-corrected chi connectivity index (χ3v) is 5.13. The lowest BCUT2D eigenvalue weighted by Gasteiger charge is -2.24. The van der Waals surface area contributed by atoms with Gasteiger partial charge in [0.05, 0.1) is 14.2 Å². The van der Waals surface area contributed by atoms with Crippen molar-refractivity contribution in [3.8, 4) is 11.5 Å². The Labute approximate surface area is 190 Å². The highest BCUT2D eigenvalue weighted by Gasteiger charge is 2.39. The lowest BCUT2D eigenvalue weighted by atomic mass is 10.1. The number of carboxylic acid groups (broad SMARTS) is 1. The fourth-order valence-corrected chi connectivity index (χ4v) is 3.51. The molecule has 0 spiro atoms. The molecule has 0 aliphatic carbocycles. The van der Waals surface area contributed by atoms with Crippen LogP contribution in [0.3, 0.4) is 0 Å². The summed E-state index contributed by atoms with van der Waals surface area (Å²) in [7, 11) is 2.20. The first kappa shape index (κ1) is 26.0. The summed E-state index contributed by atoms with van der Waals surface area (Å²) in [4.78, 5) is 25.5. The van der Waals surface area contributed by atoms with Crippen molar-refractivity contribution in [2.75, 3.05) is 27.3 Å². The Hall–Kier alpha value is -3.23. The number of alkyl halides is 3. The summed E-state index contributed by atoms with van der Waals surface area (Å²) >= 11 is 0. The first-order chi connectivity index (χ1) is 15.7. The SMILES string of the molecule is COc1cc(C(=O)N(CCCCC(=O)O)CCCc2ccccc2)cc(OC)c1C(F)(F)F. The highest BCUT2D eigenvalue weighted by atomic mass is 19.4. The fraction of sp³-hybridized carbons (Fsp3) is 0.417. The number of aryl methyl sites for hydroxylation is 1. The first-order valence-electron chi connectivity index (χ1n) is 10.6. The van der Waals surface area contributed by atoms with E-state index in [1.54, 1.807) is 0 Å². The Balaban J connectivity index is 2.24. The zero-order valence-corrected chi connectivity index (χ0v) is 18.7. The second-order valence-electron chi connectivity index (χ2n) is 7.49. The van der Waals surface area contributed by atoms with E-state index in [-0.39, 0.29) is 18.5 Å². The molecule has 0 heterocycles. The quantitative estimate of drug-likeness (QED) is 0.442. The van der Waals surface area contributed by atoms with E-state index in [1.165, 1.54) is 4.90 Å². The van der Waals surface area contributed by atoms with Crippen LogP contribution in [0.2, 0.25) is 0 Å². The van der Waals surface area contributed by atoms with Gasteiger partial charge in [0.25, 0.3) is 5.91 Å². The van der Waals surface area contributed by atoms with Crippen molar-refractivity contribution in [1.82, 2.24) is 4.90 Å². The number of hydrogen-bond acceptors (Lipinski definition) is 4. The van der Waals surface area contributed by atoms with E-state index in [0.717, 1.165) is 38.3 Å².